The Kier molecular flexibility index (Phi) is 7.47. The van der Waals surface area contributed by atoms with Crippen LogP contribution in [0.1, 0.15) is 11.1 Å². The summed E-state index contributed by atoms with van der Waals surface area (Å²) in [5.41, 5.74) is 1.72. The first-order valence-corrected chi connectivity index (χ1v) is 11.7. The van der Waals surface area contributed by atoms with Gasteiger partial charge in [0.05, 0.1) is 11.4 Å². The van der Waals surface area contributed by atoms with E-state index in [0.29, 0.717) is 28.6 Å². The van der Waals surface area contributed by atoms with Crippen LogP contribution in [0.25, 0.3) is 6.08 Å². The molecule has 1 saturated heterocycles. The summed E-state index contributed by atoms with van der Waals surface area (Å²) in [6.45, 7) is 0.589. The molecule has 2 amide bonds. The summed E-state index contributed by atoms with van der Waals surface area (Å²) in [5, 5.41) is -0.359. The molecule has 3 aromatic carbocycles. The highest BCUT2D eigenvalue weighted by atomic mass is 79.9. The Bertz CT molecular complexity index is 1180. The highest BCUT2D eigenvalue weighted by Gasteiger charge is 2.35. The molecule has 8 heteroatoms. The van der Waals surface area contributed by atoms with E-state index in [1.165, 1.54) is 24.3 Å². The number of thioether (sulfide) groups is 1. The predicted molar refractivity (Wildman–Crippen MR) is 129 cm³/mol. The lowest BCUT2D eigenvalue weighted by atomic mass is 10.1. The van der Waals surface area contributed by atoms with Crippen LogP contribution in [0.4, 0.5) is 9.18 Å². The molecule has 0 N–H and O–H groups in total. The molecule has 1 aliphatic heterocycles. The average molecular weight is 528 g/mol. The molecular formula is C25H19BrFNO4S. The predicted octanol–water partition coefficient (Wildman–Crippen LogP) is 6.28. The van der Waals surface area contributed by atoms with Gasteiger partial charge < -0.3 is 9.47 Å². The van der Waals surface area contributed by atoms with Crippen LogP contribution in [-0.4, -0.2) is 29.2 Å². The lowest BCUT2D eigenvalue weighted by Gasteiger charge is -2.13. The molecule has 0 atom stereocenters. The van der Waals surface area contributed by atoms with E-state index in [1.54, 1.807) is 6.08 Å². The molecule has 33 heavy (non-hydrogen) atoms. The number of halogens is 2. The molecule has 3 aromatic rings. The molecule has 0 bridgehead atoms. The number of rotatable bonds is 8. The Morgan fingerprint density at radius 3 is 2.42 bits per heavy atom. The number of amides is 2. The van der Waals surface area contributed by atoms with Gasteiger partial charge in [0.1, 0.15) is 30.5 Å². The van der Waals surface area contributed by atoms with E-state index >= 15 is 0 Å². The monoisotopic (exact) mass is 527 g/mol. The standard InChI is InChI=1S/C25H19BrFNO4S/c26-19-7-5-17(6-8-19)16-32-22-4-2-1-3-18(22)15-23-24(29)28(25(30)33-23)13-14-31-21-11-9-20(27)10-12-21/h1-12,15H,13-14,16H2/b23-15-. The van der Waals surface area contributed by atoms with Gasteiger partial charge >= 0.3 is 0 Å². The first-order chi connectivity index (χ1) is 16.0. The Morgan fingerprint density at radius 2 is 1.67 bits per heavy atom. The van der Waals surface area contributed by atoms with Crippen LogP contribution in [0.2, 0.25) is 0 Å². The number of hydrogen-bond donors (Lipinski definition) is 0. The summed E-state index contributed by atoms with van der Waals surface area (Å²) in [6.07, 6.45) is 1.67. The van der Waals surface area contributed by atoms with Crippen LogP contribution < -0.4 is 9.47 Å². The van der Waals surface area contributed by atoms with Crippen LogP contribution in [0, 0.1) is 5.82 Å². The molecular weight excluding hydrogens is 509 g/mol. The minimum Gasteiger partial charge on any atom is -0.492 e. The minimum absolute atomic E-state index is 0.0983. The molecule has 0 aromatic heterocycles. The number of para-hydroxylation sites is 1. The van der Waals surface area contributed by atoms with Crippen molar-refractivity contribution in [2.45, 2.75) is 6.61 Å². The summed E-state index contributed by atoms with van der Waals surface area (Å²) in [7, 11) is 0. The van der Waals surface area contributed by atoms with Gasteiger partial charge in [0.15, 0.2) is 0 Å². The molecule has 0 unspecified atom stereocenters. The van der Waals surface area contributed by atoms with Crippen LogP contribution in [0.3, 0.4) is 0 Å². The molecule has 1 fully saturated rings. The quantitative estimate of drug-likeness (QED) is 0.322. The fourth-order valence-corrected chi connectivity index (χ4v) is 4.21. The number of ether oxygens (including phenoxy) is 2. The smallest absolute Gasteiger partial charge is 0.293 e. The van der Waals surface area contributed by atoms with Crippen LogP contribution in [0.15, 0.2) is 82.2 Å². The fraction of sp³-hybridized carbons (Fsp3) is 0.120. The Balaban J connectivity index is 1.40. The van der Waals surface area contributed by atoms with Gasteiger partial charge in [0.2, 0.25) is 0 Å². The first-order valence-electron chi connectivity index (χ1n) is 10.1. The van der Waals surface area contributed by atoms with E-state index in [4.69, 9.17) is 9.47 Å². The molecule has 0 saturated carbocycles. The van der Waals surface area contributed by atoms with Crippen molar-refractivity contribution in [3.05, 3.63) is 99.1 Å². The lowest BCUT2D eigenvalue weighted by Crippen LogP contribution is -2.32. The van der Waals surface area contributed by atoms with Crippen LogP contribution in [-0.2, 0) is 11.4 Å². The molecule has 4 rings (SSSR count). The van der Waals surface area contributed by atoms with E-state index < -0.39 is 0 Å². The first kappa shape index (κ1) is 23.1. The van der Waals surface area contributed by atoms with E-state index in [-0.39, 0.29) is 30.1 Å². The topological polar surface area (TPSA) is 55.8 Å². The van der Waals surface area contributed by atoms with Gasteiger partial charge in [-0.25, -0.2) is 4.39 Å². The molecule has 5 nitrogen and oxygen atoms in total. The normalized spacial score (nSPS) is 14.7. The number of hydrogen-bond acceptors (Lipinski definition) is 5. The van der Waals surface area contributed by atoms with Crippen molar-refractivity contribution in [1.82, 2.24) is 4.90 Å². The summed E-state index contributed by atoms with van der Waals surface area (Å²) >= 11 is 4.29. The van der Waals surface area contributed by atoms with Crippen molar-refractivity contribution in [3.63, 3.8) is 0 Å². The number of imide groups is 1. The van der Waals surface area contributed by atoms with Crippen molar-refractivity contribution < 1.29 is 23.5 Å². The van der Waals surface area contributed by atoms with Crippen molar-refractivity contribution in [3.8, 4) is 11.5 Å². The zero-order valence-electron chi connectivity index (χ0n) is 17.4. The van der Waals surface area contributed by atoms with E-state index in [1.807, 2.05) is 48.5 Å². The Labute approximate surface area is 203 Å². The summed E-state index contributed by atoms with van der Waals surface area (Å²) < 4.78 is 25.4. The fourth-order valence-electron chi connectivity index (χ4n) is 3.09. The third-order valence-electron chi connectivity index (χ3n) is 4.78. The maximum Gasteiger partial charge on any atom is 0.293 e. The van der Waals surface area contributed by atoms with Crippen LogP contribution >= 0.6 is 27.7 Å². The zero-order chi connectivity index (χ0) is 23.2. The molecule has 1 heterocycles. The van der Waals surface area contributed by atoms with Gasteiger partial charge in [-0.1, -0.05) is 46.3 Å². The van der Waals surface area contributed by atoms with Gasteiger partial charge in [-0.3, -0.25) is 14.5 Å². The van der Waals surface area contributed by atoms with Gasteiger partial charge in [-0.15, -0.1) is 0 Å². The lowest BCUT2D eigenvalue weighted by molar-refractivity contribution is -0.123. The second-order valence-corrected chi connectivity index (χ2v) is 9.00. The molecule has 0 radical (unpaired) electrons. The third kappa shape index (κ3) is 6.03. The largest absolute Gasteiger partial charge is 0.492 e. The molecule has 168 valence electrons. The van der Waals surface area contributed by atoms with Gasteiger partial charge in [0, 0.05) is 10.0 Å². The van der Waals surface area contributed by atoms with Crippen molar-refractivity contribution in [2.24, 2.45) is 0 Å². The molecule has 1 aliphatic rings. The number of carbonyl (C=O) groups is 2. The number of nitrogens with zero attached hydrogens (tertiary/aromatic N) is 1. The van der Waals surface area contributed by atoms with Gasteiger partial charge in [-0.2, -0.15) is 0 Å². The van der Waals surface area contributed by atoms with Crippen molar-refractivity contribution in [1.29, 1.82) is 0 Å². The molecule has 0 spiro atoms. The Morgan fingerprint density at radius 1 is 0.939 bits per heavy atom. The van der Waals surface area contributed by atoms with E-state index in [0.717, 1.165) is 26.7 Å². The highest BCUT2D eigenvalue weighted by molar-refractivity contribution is 9.10. The van der Waals surface area contributed by atoms with Crippen LogP contribution in [0.5, 0.6) is 11.5 Å². The Hall–Kier alpha value is -3.10. The average Bonchev–Trinajstić information content (AvgIpc) is 3.08. The summed E-state index contributed by atoms with van der Waals surface area (Å²) in [6, 6.07) is 20.7. The maximum absolute atomic E-state index is 13.0. The van der Waals surface area contributed by atoms with Gasteiger partial charge in [0.25, 0.3) is 11.1 Å². The van der Waals surface area contributed by atoms with Crippen molar-refractivity contribution >= 4 is 44.9 Å². The van der Waals surface area contributed by atoms with Gasteiger partial charge in [-0.05, 0) is 65.9 Å². The van der Waals surface area contributed by atoms with E-state index in [2.05, 4.69) is 15.9 Å². The number of benzene rings is 3. The van der Waals surface area contributed by atoms with Crippen molar-refractivity contribution in [2.75, 3.05) is 13.2 Å². The highest BCUT2D eigenvalue weighted by Crippen LogP contribution is 2.34. The number of carbonyl (C=O) groups excluding carboxylic acids is 2. The summed E-state index contributed by atoms with van der Waals surface area (Å²) in [4.78, 5) is 26.6. The molecule has 0 aliphatic carbocycles. The zero-order valence-corrected chi connectivity index (χ0v) is 19.8. The maximum atomic E-state index is 13.0. The third-order valence-corrected chi connectivity index (χ3v) is 6.22. The minimum atomic E-state index is -0.379. The second-order valence-electron chi connectivity index (χ2n) is 7.09. The SMILES string of the molecule is O=C1S/C(=C\c2ccccc2OCc2ccc(Br)cc2)C(=O)N1CCOc1ccc(F)cc1. The summed E-state index contributed by atoms with van der Waals surface area (Å²) in [5.74, 6) is 0.345. The second kappa shape index (κ2) is 10.7. The van der Waals surface area contributed by atoms with E-state index in [9.17, 15) is 14.0 Å².